The topological polar surface area (TPSA) is 34.4 Å². The summed E-state index contributed by atoms with van der Waals surface area (Å²) in [5, 5.41) is 0. The standard InChI is InChI=1S/C18H24N2O/c1-3-4-6-11-18(21)20-13-12-15(2)14-17(20)19-16-9-7-5-8-10-16/h3-4,6,11-14,16H,5,7-10H2,1-2H3. The highest BCUT2D eigenvalue weighted by Crippen LogP contribution is 2.19. The monoisotopic (exact) mass is 284 g/mol. The van der Waals surface area contributed by atoms with E-state index in [0.717, 1.165) is 23.9 Å². The predicted molar refractivity (Wildman–Crippen MR) is 86.2 cm³/mol. The van der Waals surface area contributed by atoms with Crippen molar-refractivity contribution in [3.05, 3.63) is 53.7 Å². The van der Waals surface area contributed by atoms with Crippen LogP contribution in [0.3, 0.4) is 0 Å². The number of aryl methyl sites for hydroxylation is 1. The maximum absolute atomic E-state index is 12.3. The Morgan fingerprint density at radius 3 is 2.76 bits per heavy atom. The van der Waals surface area contributed by atoms with Crippen molar-refractivity contribution in [3.8, 4) is 0 Å². The van der Waals surface area contributed by atoms with Gasteiger partial charge in [0.1, 0.15) is 5.49 Å². The molecule has 112 valence electrons. The quantitative estimate of drug-likeness (QED) is 0.614. The summed E-state index contributed by atoms with van der Waals surface area (Å²) in [6.07, 6.45) is 15.0. The molecule has 0 radical (unpaired) electrons. The first-order valence-corrected chi connectivity index (χ1v) is 7.77. The summed E-state index contributed by atoms with van der Waals surface area (Å²) in [6.45, 7) is 3.96. The molecule has 3 heteroatoms. The van der Waals surface area contributed by atoms with Crippen LogP contribution in [0.5, 0.6) is 0 Å². The molecule has 1 saturated carbocycles. The summed E-state index contributed by atoms with van der Waals surface area (Å²) in [6, 6.07) is 4.30. The Morgan fingerprint density at radius 1 is 1.29 bits per heavy atom. The lowest BCUT2D eigenvalue weighted by atomic mass is 9.96. The van der Waals surface area contributed by atoms with Crippen molar-refractivity contribution >= 4 is 5.91 Å². The van der Waals surface area contributed by atoms with Crippen molar-refractivity contribution in [3.63, 3.8) is 0 Å². The van der Waals surface area contributed by atoms with Gasteiger partial charge in [-0.15, -0.1) is 0 Å². The van der Waals surface area contributed by atoms with Crippen LogP contribution in [0.4, 0.5) is 0 Å². The average Bonchev–Trinajstić information content (AvgIpc) is 2.48. The zero-order chi connectivity index (χ0) is 15.1. The van der Waals surface area contributed by atoms with Crippen LogP contribution in [0.1, 0.15) is 49.4 Å². The Balaban J connectivity index is 2.32. The normalized spacial score (nSPS) is 17.9. The number of pyridine rings is 1. The minimum Gasteiger partial charge on any atom is -0.269 e. The Morgan fingerprint density at radius 2 is 2.05 bits per heavy atom. The van der Waals surface area contributed by atoms with Crippen molar-refractivity contribution in [1.82, 2.24) is 4.57 Å². The predicted octanol–water partition coefficient (Wildman–Crippen LogP) is 3.80. The molecule has 0 atom stereocenters. The molecule has 1 aliphatic carbocycles. The molecule has 3 nitrogen and oxygen atoms in total. The first-order chi connectivity index (χ1) is 10.2. The maximum atomic E-state index is 12.3. The lowest BCUT2D eigenvalue weighted by Gasteiger charge is -2.17. The summed E-state index contributed by atoms with van der Waals surface area (Å²) in [5.41, 5.74) is 1.91. The molecule has 21 heavy (non-hydrogen) atoms. The van der Waals surface area contributed by atoms with E-state index >= 15 is 0 Å². The summed E-state index contributed by atoms with van der Waals surface area (Å²) in [7, 11) is 0. The molecule has 0 unspecified atom stereocenters. The number of carbonyl (C=O) groups excluding carboxylic acids is 1. The van der Waals surface area contributed by atoms with Gasteiger partial charge in [0.25, 0.3) is 5.91 Å². The van der Waals surface area contributed by atoms with Crippen molar-refractivity contribution in [2.45, 2.75) is 52.0 Å². The second-order valence-electron chi connectivity index (χ2n) is 5.58. The lowest BCUT2D eigenvalue weighted by Crippen LogP contribution is -2.28. The van der Waals surface area contributed by atoms with E-state index in [-0.39, 0.29) is 5.91 Å². The SMILES string of the molecule is CC=CC=CC(=O)n1ccc(C)cc1=NC1CCCCC1. The molecule has 1 fully saturated rings. The van der Waals surface area contributed by atoms with E-state index in [2.05, 4.69) is 0 Å². The highest BCUT2D eigenvalue weighted by atomic mass is 16.1. The molecule has 1 aliphatic rings. The van der Waals surface area contributed by atoms with Gasteiger partial charge in [0.05, 0.1) is 6.04 Å². The van der Waals surface area contributed by atoms with Gasteiger partial charge in [-0.25, -0.2) is 0 Å². The van der Waals surface area contributed by atoms with Crippen LogP contribution in [0.25, 0.3) is 0 Å². The van der Waals surface area contributed by atoms with Crippen molar-refractivity contribution in [1.29, 1.82) is 0 Å². The maximum Gasteiger partial charge on any atom is 0.256 e. The Labute approximate surface area is 126 Å². The molecule has 0 aromatic carbocycles. The molecule has 0 spiro atoms. The van der Waals surface area contributed by atoms with E-state index in [9.17, 15) is 4.79 Å². The molecule has 0 amide bonds. The van der Waals surface area contributed by atoms with Gasteiger partial charge in [-0.2, -0.15) is 0 Å². The molecule has 0 aliphatic heterocycles. The highest BCUT2D eigenvalue weighted by molar-refractivity contribution is 5.89. The molecule has 2 rings (SSSR count). The number of allylic oxidation sites excluding steroid dienone is 4. The number of aromatic nitrogens is 1. The van der Waals surface area contributed by atoms with E-state index in [0.29, 0.717) is 6.04 Å². The van der Waals surface area contributed by atoms with Gasteiger partial charge in [-0.05, 0) is 44.4 Å². The van der Waals surface area contributed by atoms with Gasteiger partial charge in [-0.1, -0.05) is 37.5 Å². The largest absolute Gasteiger partial charge is 0.269 e. The van der Waals surface area contributed by atoms with E-state index in [1.165, 1.54) is 19.3 Å². The summed E-state index contributed by atoms with van der Waals surface area (Å²) >= 11 is 0. The van der Waals surface area contributed by atoms with E-state index in [1.807, 2.05) is 44.3 Å². The molecule has 1 aromatic heterocycles. The third kappa shape index (κ3) is 4.55. The van der Waals surface area contributed by atoms with Gasteiger partial charge in [0.2, 0.25) is 0 Å². The number of hydrogen-bond acceptors (Lipinski definition) is 2. The van der Waals surface area contributed by atoms with Crippen LogP contribution in [0.2, 0.25) is 0 Å². The van der Waals surface area contributed by atoms with Crippen molar-refractivity contribution < 1.29 is 4.79 Å². The van der Waals surface area contributed by atoms with Crippen molar-refractivity contribution in [2.75, 3.05) is 0 Å². The number of nitrogens with zero attached hydrogens (tertiary/aromatic N) is 2. The van der Waals surface area contributed by atoms with Crippen LogP contribution < -0.4 is 5.49 Å². The fourth-order valence-electron chi connectivity index (χ4n) is 2.60. The molecular formula is C18H24N2O. The number of rotatable bonds is 3. The second kappa shape index (κ2) is 7.77. The van der Waals surface area contributed by atoms with E-state index < -0.39 is 0 Å². The highest BCUT2D eigenvalue weighted by Gasteiger charge is 2.12. The smallest absolute Gasteiger partial charge is 0.256 e. The van der Waals surface area contributed by atoms with Gasteiger partial charge in [-0.3, -0.25) is 14.4 Å². The first kappa shape index (κ1) is 15.5. The lowest BCUT2D eigenvalue weighted by molar-refractivity contribution is 0.0963. The Bertz CT molecular complexity index is 602. The molecular weight excluding hydrogens is 260 g/mol. The average molecular weight is 284 g/mol. The Kier molecular flexibility index (Phi) is 5.73. The van der Waals surface area contributed by atoms with E-state index in [4.69, 9.17) is 4.99 Å². The molecule has 0 bridgehead atoms. The first-order valence-electron chi connectivity index (χ1n) is 7.77. The minimum absolute atomic E-state index is 0.0531. The minimum atomic E-state index is -0.0531. The van der Waals surface area contributed by atoms with Gasteiger partial charge >= 0.3 is 0 Å². The Hall–Kier alpha value is -1.90. The molecule has 1 aromatic rings. The van der Waals surface area contributed by atoms with Crippen LogP contribution >= 0.6 is 0 Å². The van der Waals surface area contributed by atoms with Gasteiger partial charge in [0, 0.05) is 12.3 Å². The zero-order valence-electron chi connectivity index (χ0n) is 13.0. The third-order valence-corrected chi connectivity index (χ3v) is 3.76. The van der Waals surface area contributed by atoms with Crippen LogP contribution in [-0.2, 0) is 0 Å². The fraction of sp³-hybridized carbons (Fsp3) is 0.444. The molecule has 0 saturated heterocycles. The zero-order valence-corrected chi connectivity index (χ0v) is 13.0. The van der Waals surface area contributed by atoms with Crippen LogP contribution in [0.15, 0.2) is 47.6 Å². The van der Waals surface area contributed by atoms with Gasteiger partial charge in [0.15, 0.2) is 0 Å². The number of hydrogen-bond donors (Lipinski definition) is 0. The van der Waals surface area contributed by atoms with Crippen LogP contribution in [0, 0.1) is 6.92 Å². The molecule has 0 N–H and O–H groups in total. The fourth-order valence-corrected chi connectivity index (χ4v) is 2.60. The third-order valence-electron chi connectivity index (χ3n) is 3.76. The van der Waals surface area contributed by atoms with E-state index in [1.54, 1.807) is 16.7 Å². The van der Waals surface area contributed by atoms with Crippen molar-refractivity contribution in [2.24, 2.45) is 4.99 Å². The number of carbonyl (C=O) groups is 1. The molecule has 1 heterocycles. The summed E-state index contributed by atoms with van der Waals surface area (Å²) in [4.78, 5) is 17.1. The van der Waals surface area contributed by atoms with Crippen LogP contribution in [-0.4, -0.2) is 16.5 Å². The summed E-state index contributed by atoms with van der Waals surface area (Å²) in [5.74, 6) is -0.0531. The second-order valence-corrected chi connectivity index (χ2v) is 5.58. The summed E-state index contributed by atoms with van der Waals surface area (Å²) < 4.78 is 1.64. The van der Waals surface area contributed by atoms with Gasteiger partial charge < -0.3 is 0 Å².